The maximum atomic E-state index is 11.8. The molecule has 0 saturated carbocycles. The number of carbonyl (C=O) groups is 1. The van der Waals surface area contributed by atoms with Crippen LogP contribution in [0.25, 0.3) is 0 Å². The van der Waals surface area contributed by atoms with Crippen LogP contribution >= 0.6 is 15.9 Å². The summed E-state index contributed by atoms with van der Waals surface area (Å²) in [4.78, 5) is 19.5. The van der Waals surface area contributed by atoms with Crippen LogP contribution in [0, 0.1) is 0 Å². The van der Waals surface area contributed by atoms with Gasteiger partial charge in [0.15, 0.2) is 0 Å². The average Bonchev–Trinajstić information content (AvgIpc) is 2.59. The summed E-state index contributed by atoms with van der Waals surface area (Å²) >= 11 is 3.31. The van der Waals surface area contributed by atoms with Gasteiger partial charge in [0, 0.05) is 17.7 Å². The van der Waals surface area contributed by atoms with Gasteiger partial charge in [0.2, 0.25) is 0 Å². The number of rotatable bonds is 2. The molecular weight excluding hydrogens is 272 g/mol. The van der Waals surface area contributed by atoms with Crippen molar-refractivity contribution in [3.63, 3.8) is 0 Å². The van der Waals surface area contributed by atoms with Gasteiger partial charge in [0.1, 0.15) is 12.0 Å². The van der Waals surface area contributed by atoms with Gasteiger partial charge >= 0.3 is 0 Å². The number of nitrogens with zero attached hydrogens (tertiary/aromatic N) is 3. The minimum atomic E-state index is -0.192. The number of hydrogen-bond donors (Lipinski definition) is 1. The van der Waals surface area contributed by atoms with Crippen LogP contribution < -0.4 is 5.32 Å². The van der Waals surface area contributed by atoms with Gasteiger partial charge in [-0.2, -0.15) is 0 Å². The summed E-state index contributed by atoms with van der Waals surface area (Å²) in [6.45, 7) is 0. The van der Waals surface area contributed by atoms with Crippen molar-refractivity contribution in [3.8, 4) is 0 Å². The zero-order chi connectivity index (χ0) is 11.5. The molecule has 2 aromatic rings. The summed E-state index contributed by atoms with van der Waals surface area (Å²) in [6, 6.07) is 1.75. The van der Waals surface area contributed by atoms with Crippen molar-refractivity contribution in [1.29, 1.82) is 0 Å². The zero-order valence-corrected chi connectivity index (χ0v) is 10.1. The van der Waals surface area contributed by atoms with Gasteiger partial charge in [-0.1, -0.05) is 0 Å². The first kappa shape index (κ1) is 10.8. The fourth-order valence-electron chi connectivity index (χ4n) is 1.31. The molecule has 0 aliphatic carbocycles. The van der Waals surface area contributed by atoms with E-state index >= 15 is 0 Å². The second kappa shape index (κ2) is 4.44. The molecule has 2 rings (SSSR count). The molecule has 0 fully saturated rings. The van der Waals surface area contributed by atoms with E-state index in [4.69, 9.17) is 0 Å². The first-order valence-corrected chi connectivity index (χ1v) is 5.34. The van der Waals surface area contributed by atoms with Crippen molar-refractivity contribution >= 4 is 27.5 Å². The Hall–Kier alpha value is -1.69. The predicted molar refractivity (Wildman–Crippen MR) is 63.1 cm³/mol. The lowest BCUT2D eigenvalue weighted by molar-refractivity contribution is 0.101. The van der Waals surface area contributed by atoms with Gasteiger partial charge in [0.05, 0.1) is 18.1 Å². The van der Waals surface area contributed by atoms with E-state index in [-0.39, 0.29) is 5.91 Å². The quantitative estimate of drug-likeness (QED) is 0.913. The first-order chi connectivity index (χ1) is 7.66. The van der Waals surface area contributed by atoms with E-state index in [1.807, 2.05) is 6.20 Å². The second-order valence-corrected chi connectivity index (χ2v) is 4.15. The Bertz CT molecular complexity index is 509. The second-order valence-electron chi connectivity index (χ2n) is 3.24. The Kier molecular flexibility index (Phi) is 3.00. The highest BCUT2D eigenvalue weighted by Gasteiger charge is 2.11. The molecule has 0 radical (unpaired) electrons. The lowest BCUT2D eigenvalue weighted by Crippen LogP contribution is -2.15. The monoisotopic (exact) mass is 280 g/mol. The summed E-state index contributed by atoms with van der Waals surface area (Å²) in [7, 11) is 1.81. The van der Waals surface area contributed by atoms with Gasteiger partial charge in [0.25, 0.3) is 5.91 Å². The lowest BCUT2D eigenvalue weighted by atomic mass is 10.4. The van der Waals surface area contributed by atoms with E-state index in [2.05, 4.69) is 31.2 Å². The smallest absolute Gasteiger partial charge is 0.272 e. The van der Waals surface area contributed by atoms with E-state index < -0.39 is 0 Å². The van der Waals surface area contributed by atoms with Gasteiger partial charge in [-0.3, -0.25) is 4.79 Å². The van der Waals surface area contributed by atoms with Gasteiger partial charge < -0.3 is 9.88 Å². The van der Waals surface area contributed by atoms with Gasteiger partial charge in [-0.05, 0) is 22.0 Å². The molecule has 82 valence electrons. The van der Waals surface area contributed by atoms with Crippen LogP contribution in [0.3, 0.4) is 0 Å². The van der Waals surface area contributed by atoms with Crippen molar-refractivity contribution in [2.24, 2.45) is 7.05 Å². The summed E-state index contributed by atoms with van der Waals surface area (Å²) in [5.74, 6) is -0.192. The number of anilines is 1. The molecule has 6 heteroatoms. The van der Waals surface area contributed by atoms with Crippen molar-refractivity contribution in [1.82, 2.24) is 14.5 Å². The molecule has 0 atom stereocenters. The molecule has 0 aliphatic rings. The third-order valence-electron chi connectivity index (χ3n) is 2.02. The topological polar surface area (TPSA) is 59.8 Å². The van der Waals surface area contributed by atoms with Crippen LogP contribution in [0.15, 0.2) is 35.5 Å². The first-order valence-electron chi connectivity index (χ1n) is 4.55. The number of aromatic nitrogens is 3. The molecule has 1 amide bonds. The van der Waals surface area contributed by atoms with Gasteiger partial charge in [-0.15, -0.1) is 0 Å². The molecule has 2 heterocycles. The van der Waals surface area contributed by atoms with Crippen molar-refractivity contribution in [2.75, 3.05) is 5.32 Å². The van der Waals surface area contributed by atoms with Crippen LogP contribution in [0.4, 0.5) is 5.69 Å². The number of aryl methyl sites for hydroxylation is 1. The molecule has 0 aliphatic heterocycles. The van der Waals surface area contributed by atoms with E-state index in [0.717, 1.165) is 4.47 Å². The van der Waals surface area contributed by atoms with Crippen molar-refractivity contribution < 1.29 is 4.79 Å². The van der Waals surface area contributed by atoms with Crippen LogP contribution in [0.2, 0.25) is 0 Å². The Morgan fingerprint density at radius 3 is 2.69 bits per heavy atom. The van der Waals surface area contributed by atoms with Crippen LogP contribution in [0.5, 0.6) is 0 Å². The molecule has 0 spiro atoms. The van der Waals surface area contributed by atoms with Crippen molar-refractivity contribution in [3.05, 3.63) is 41.2 Å². The molecule has 16 heavy (non-hydrogen) atoms. The number of halogens is 1. The Balaban J connectivity index is 2.18. The van der Waals surface area contributed by atoms with Crippen molar-refractivity contribution in [2.45, 2.75) is 0 Å². The van der Waals surface area contributed by atoms with Gasteiger partial charge in [-0.25, -0.2) is 9.97 Å². The largest absolute Gasteiger partial charge is 0.345 e. The minimum Gasteiger partial charge on any atom is -0.345 e. The highest BCUT2D eigenvalue weighted by Crippen LogP contribution is 2.14. The number of carbonyl (C=O) groups excluding carboxylic acids is 1. The number of amides is 1. The van der Waals surface area contributed by atoms with Crippen LogP contribution in [-0.4, -0.2) is 20.4 Å². The lowest BCUT2D eigenvalue weighted by Gasteiger charge is -2.04. The third-order valence-corrected chi connectivity index (χ3v) is 2.46. The van der Waals surface area contributed by atoms with E-state index in [1.54, 1.807) is 30.1 Å². The summed E-state index contributed by atoms with van der Waals surface area (Å²) < 4.78 is 2.60. The molecule has 0 aromatic carbocycles. The number of nitrogens with one attached hydrogen (secondary N) is 1. The van der Waals surface area contributed by atoms with E-state index in [9.17, 15) is 4.79 Å². The Morgan fingerprint density at radius 2 is 2.12 bits per heavy atom. The normalized spacial score (nSPS) is 10.1. The maximum absolute atomic E-state index is 11.8. The zero-order valence-electron chi connectivity index (χ0n) is 8.51. The fourth-order valence-corrected chi connectivity index (χ4v) is 1.83. The SMILES string of the molecule is Cn1cc(Br)cc1C(=O)Nc1cncnc1. The van der Waals surface area contributed by atoms with E-state index in [1.165, 1.54) is 6.33 Å². The molecule has 0 unspecified atom stereocenters. The fraction of sp³-hybridized carbons (Fsp3) is 0.100. The van der Waals surface area contributed by atoms with Crippen LogP contribution in [-0.2, 0) is 7.05 Å². The molecule has 5 nitrogen and oxygen atoms in total. The average molecular weight is 281 g/mol. The number of hydrogen-bond acceptors (Lipinski definition) is 3. The standard InChI is InChI=1S/C10H9BrN4O/c1-15-5-7(11)2-9(15)10(16)14-8-3-12-6-13-4-8/h2-6H,1H3,(H,14,16). The maximum Gasteiger partial charge on any atom is 0.272 e. The molecule has 1 N–H and O–H groups in total. The Morgan fingerprint density at radius 1 is 1.44 bits per heavy atom. The third kappa shape index (κ3) is 2.27. The van der Waals surface area contributed by atoms with Crippen LogP contribution in [0.1, 0.15) is 10.5 Å². The molecular formula is C10H9BrN4O. The molecule has 0 saturated heterocycles. The summed E-state index contributed by atoms with van der Waals surface area (Å²) in [6.07, 6.45) is 6.32. The molecule has 0 bridgehead atoms. The minimum absolute atomic E-state index is 0.192. The molecule has 2 aromatic heterocycles. The van der Waals surface area contributed by atoms with E-state index in [0.29, 0.717) is 11.4 Å². The highest BCUT2D eigenvalue weighted by atomic mass is 79.9. The predicted octanol–water partition coefficient (Wildman–Crippen LogP) is 1.83. The summed E-state index contributed by atoms with van der Waals surface area (Å²) in [5, 5.41) is 2.71. The Labute approximate surface area is 101 Å². The summed E-state index contributed by atoms with van der Waals surface area (Å²) in [5.41, 5.74) is 1.14. The highest BCUT2D eigenvalue weighted by molar-refractivity contribution is 9.10.